The molecule has 0 aliphatic heterocycles. The number of hydrogen-bond acceptors (Lipinski definition) is 4. The fourth-order valence-corrected chi connectivity index (χ4v) is 6.92. The molecule has 4 aromatic rings. The normalized spacial score (nSPS) is 12.3. The van der Waals surface area contributed by atoms with Crippen molar-refractivity contribution in [3.63, 3.8) is 0 Å². The van der Waals surface area contributed by atoms with Crippen molar-refractivity contribution < 1.29 is 18.0 Å². The molecule has 0 spiro atoms. The molecule has 0 aromatic heterocycles. The lowest BCUT2D eigenvalue weighted by molar-refractivity contribution is -0.140. The number of benzene rings is 4. The molecule has 4 aromatic carbocycles. The van der Waals surface area contributed by atoms with E-state index >= 15 is 0 Å². The van der Waals surface area contributed by atoms with Crippen LogP contribution in [0.5, 0.6) is 0 Å². The number of carbonyl (C=O) groups excluding carboxylic acids is 2. The highest BCUT2D eigenvalue weighted by Crippen LogP contribution is 2.31. The Labute approximate surface area is 290 Å². The summed E-state index contributed by atoms with van der Waals surface area (Å²) in [5, 5.41) is 4.00. The van der Waals surface area contributed by atoms with E-state index in [2.05, 4.69) is 5.32 Å². The molecule has 0 fully saturated rings. The lowest BCUT2D eigenvalue weighted by atomic mass is 10.0. The van der Waals surface area contributed by atoms with Crippen LogP contribution in [0.2, 0.25) is 20.1 Å². The average Bonchev–Trinajstić information content (AvgIpc) is 3.00. The molecular weight excluding hydrogens is 688 g/mol. The minimum absolute atomic E-state index is 0.0347. The zero-order valence-electron chi connectivity index (χ0n) is 25.4. The van der Waals surface area contributed by atoms with Gasteiger partial charge in [0.1, 0.15) is 12.6 Å². The predicted molar refractivity (Wildman–Crippen MR) is 186 cm³/mol. The fraction of sp³-hybridized carbons (Fsp3) is 0.235. The molecule has 12 heteroatoms. The number of sulfonamides is 1. The molecule has 0 radical (unpaired) electrons. The highest BCUT2D eigenvalue weighted by Gasteiger charge is 2.36. The van der Waals surface area contributed by atoms with Crippen LogP contribution in [0.1, 0.15) is 31.9 Å². The molecule has 7 nitrogen and oxygen atoms in total. The van der Waals surface area contributed by atoms with Crippen LogP contribution in [-0.2, 0) is 32.6 Å². The molecule has 1 atom stereocenters. The Morgan fingerprint density at radius 3 is 2.00 bits per heavy atom. The smallest absolute Gasteiger partial charge is 0.264 e. The zero-order valence-corrected chi connectivity index (χ0v) is 29.2. The summed E-state index contributed by atoms with van der Waals surface area (Å²) in [5.41, 5.74) is 0.819. The van der Waals surface area contributed by atoms with Crippen LogP contribution in [0.4, 0.5) is 5.69 Å². The number of halogens is 4. The number of rotatable bonds is 11. The van der Waals surface area contributed by atoms with Gasteiger partial charge < -0.3 is 10.2 Å². The standard InChI is InChI=1S/C34H33Cl4N3O4S/c1-34(2,3)39-33(43)31(18-23-10-6-4-7-11-23)40(21-24-14-15-25(35)19-29(24)37)32(42)22-41(26-16-17-28(36)30(38)20-26)46(44,45)27-12-8-5-9-13-27/h4-17,19-20,31H,18,21-22H2,1-3H3,(H,39,43)/t31-/m0/s1. The Kier molecular flexibility index (Phi) is 11.7. The molecule has 2 amide bonds. The Balaban J connectivity index is 1.85. The summed E-state index contributed by atoms with van der Waals surface area (Å²) in [5.74, 6) is -1.07. The third kappa shape index (κ3) is 9.17. The first-order chi connectivity index (χ1) is 21.7. The van der Waals surface area contributed by atoms with Crippen molar-refractivity contribution in [1.82, 2.24) is 10.2 Å². The minimum Gasteiger partial charge on any atom is -0.350 e. The second-order valence-electron chi connectivity index (χ2n) is 11.6. The van der Waals surface area contributed by atoms with Crippen LogP contribution in [0.3, 0.4) is 0 Å². The first kappa shape index (κ1) is 35.6. The minimum atomic E-state index is -4.29. The highest BCUT2D eigenvalue weighted by molar-refractivity contribution is 7.92. The number of nitrogens with one attached hydrogen (secondary N) is 1. The van der Waals surface area contributed by atoms with Crippen LogP contribution >= 0.6 is 46.4 Å². The summed E-state index contributed by atoms with van der Waals surface area (Å²) in [4.78, 5) is 29.8. The lowest BCUT2D eigenvalue weighted by Crippen LogP contribution is -2.56. The van der Waals surface area contributed by atoms with Crippen molar-refractivity contribution in [3.05, 3.63) is 128 Å². The molecule has 46 heavy (non-hydrogen) atoms. The maximum absolute atomic E-state index is 14.6. The molecule has 0 bridgehead atoms. The van der Waals surface area contributed by atoms with Crippen molar-refractivity contribution in [2.24, 2.45) is 0 Å². The molecule has 0 aliphatic carbocycles. The van der Waals surface area contributed by atoms with Crippen LogP contribution in [0, 0.1) is 0 Å². The van der Waals surface area contributed by atoms with Crippen molar-refractivity contribution in [2.45, 2.75) is 50.2 Å². The SMILES string of the molecule is CC(C)(C)NC(=O)[C@H](Cc1ccccc1)N(Cc1ccc(Cl)cc1Cl)C(=O)CN(c1ccc(Cl)c(Cl)c1)S(=O)(=O)c1ccccc1. The van der Waals surface area contributed by atoms with Crippen molar-refractivity contribution >= 4 is 73.9 Å². The monoisotopic (exact) mass is 719 g/mol. The Hall–Kier alpha value is -3.27. The van der Waals surface area contributed by atoms with Gasteiger partial charge in [-0.05, 0) is 74.4 Å². The van der Waals surface area contributed by atoms with Gasteiger partial charge in [-0.3, -0.25) is 13.9 Å². The topological polar surface area (TPSA) is 86.8 Å². The van der Waals surface area contributed by atoms with Crippen LogP contribution < -0.4 is 9.62 Å². The van der Waals surface area contributed by atoms with Gasteiger partial charge in [0, 0.05) is 28.5 Å². The maximum atomic E-state index is 14.6. The third-order valence-corrected chi connectivity index (χ3v) is 10.0. The molecule has 0 saturated carbocycles. The predicted octanol–water partition coefficient (Wildman–Crippen LogP) is 8.05. The van der Waals surface area contributed by atoms with Gasteiger partial charge in [-0.15, -0.1) is 0 Å². The fourth-order valence-electron chi connectivity index (χ4n) is 4.73. The van der Waals surface area contributed by atoms with E-state index in [1.807, 2.05) is 51.1 Å². The molecule has 242 valence electrons. The number of nitrogens with zero attached hydrogens (tertiary/aromatic N) is 2. The number of hydrogen-bond donors (Lipinski definition) is 1. The Morgan fingerprint density at radius 2 is 1.41 bits per heavy atom. The molecule has 1 N–H and O–H groups in total. The van der Waals surface area contributed by atoms with E-state index in [1.165, 1.54) is 35.2 Å². The Bertz CT molecular complexity index is 1800. The van der Waals surface area contributed by atoms with Gasteiger partial charge in [0.05, 0.1) is 20.6 Å². The van der Waals surface area contributed by atoms with Gasteiger partial charge in [0.15, 0.2) is 0 Å². The first-order valence-corrected chi connectivity index (χ1v) is 17.2. The van der Waals surface area contributed by atoms with Gasteiger partial charge in [-0.2, -0.15) is 0 Å². The molecule has 0 saturated heterocycles. The number of anilines is 1. The zero-order chi connectivity index (χ0) is 33.6. The van der Waals surface area contributed by atoms with Crippen molar-refractivity contribution in [3.8, 4) is 0 Å². The van der Waals surface area contributed by atoms with Crippen molar-refractivity contribution in [1.29, 1.82) is 0 Å². The Morgan fingerprint density at radius 1 is 0.783 bits per heavy atom. The summed E-state index contributed by atoms with van der Waals surface area (Å²) in [6.45, 7) is 4.75. The van der Waals surface area contributed by atoms with Gasteiger partial charge in [-0.1, -0.05) is 101 Å². The van der Waals surface area contributed by atoms with Gasteiger partial charge in [0.2, 0.25) is 11.8 Å². The van der Waals surface area contributed by atoms with Gasteiger partial charge in [-0.25, -0.2) is 8.42 Å². The van der Waals surface area contributed by atoms with E-state index in [9.17, 15) is 18.0 Å². The molecule has 0 heterocycles. The summed E-state index contributed by atoms with van der Waals surface area (Å²) >= 11 is 25.2. The van der Waals surface area contributed by atoms with E-state index in [0.29, 0.717) is 15.6 Å². The number of amides is 2. The quantitative estimate of drug-likeness (QED) is 0.170. The van der Waals surface area contributed by atoms with Gasteiger partial charge in [0.25, 0.3) is 10.0 Å². The summed E-state index contributed by atoms with van der Waals surface area (Å²) in [6, 6.07) is 25.1. The van der Waals surface area contributed by atoms with Crippen LogP contribution in [0.15, 0.2) is 102 Å². The third-order valence-electron chi connectivity index (χ3n) is 6.93. The van der Waals surface area contributed by atoms with E-state index in [-0.39, 0.29) is 33.6 Å². The molecule has 0 aliphatic rings. The first-order valence-electron chi connectivity index (χ1n) is 14.3. The summed E-state index contributed by atoms with van der Waals surface area (Å²) in [7, 11) is -4.29. The van der Waals surface area contributed by atoms with Crippen LogP contribution in [0.25, 0.3) is 0 Å². The van der Waals surface area contributed by atoms with E-state index in [0.717, 1.165) is 9.87 Å². The summed E-state index contributed by atoms with van der Waals surface area (Å²) < 4.78 is 29.1. The maximum Gasteiger partial charge on any atom is 0.264 e. The molecular formula is C34H33Cl4N3O4S. The van der Waals surface area contributed by atoms with Gasteiger partial charge >= 0.3 is 0 Å². The number of carbonyl (C=O) groups is 2. The van der Waals surface area contributed by atoms with Crippen LogP contribution in [-0.4, -0.2) is 43.3 Å². The van der Waals surface area contributed by atoms with E-state index in [1.54, 1.807) is 36.4 Å². The second-order valence-corrected chi connectivity index (χ2v) is 15.1. The average molecular weight is 722 g/mol. The molecule has 0 unspecified atom stereocenters. The highest BCUT2D eigenvalue weighted by atomic mass is 35.5. The lowest BCUT2D eigenvalue weighted by Gasteiger charge is -2.35. The second kappa shape index (κ2) is 15.1. The largest absolute Gasteiger partial charge is 0.350 e. The van der Waals surface area contributed by atoms with E-state index < -0.39 is 40.0 Å². The molecule has 4 rings (SSSR count). The van der Waals surface area contributed by atoms with E-state index in [4.69, 9.17) is 46.4 Å². The summed E-state index contributed by atoms with van der Waals surface area (Å²) in [6.07, 6.45) is 0.151. The van der Waals surface area contributed by atoms with Crippen molar-refractivity contribution in [2.75, 3.05) is 10.8 Å².